The molecule has 6 heteroatoms. The minimum atomic E-state index is -3.41. The van der Waals surface area contributed by atoms with E-state index in [4.69, 9.17) is 11.6 Å². The zero-order valence-corrected chi connectivity index (χ0v) is 11.8. The summed E-state index contributed by atoms with van der Waals surface area (Å²) in [5, 5.41) is 2.68. The maximum absolute atomic E-state index is 11.8. The summed E-state index contributed by atoms with van der Waals surface area (Å²) in [7, 11) is -3.41. The average Bonchev–Trinajstić information content (AvgIpc) is 2.12. The molecule has 1 unspecified atom stereocenters. The first-order valence-electron chi connectivity index (χ1n) is 5.19. The molecule has 0 aliphatic carbocycles. The smallest absolute Gasteiger partial charge is 0.241 e. The molecule has 0 aliphatic heterocycles. The highest BCUT2D eigenvalue weighted by Gasteiger charge is 2.38. The molecule has 0 saturated heterocycles. The highest BCUT2D eigenvalue weighted by Crippen LogP contribution is 2.15. The molecule has 1 amide bonds. The largest absolute Gasteiger partial charge is 0.352 e. The van der Waals surface area contributed by atoms with Crippen molar-refractivity contribution in [1.29, 1.82) is 0 Å². The fourth-order valence-corrected chi connectivity index (χ4v) is 1.57. The standard InChI is InChI=1S/C10H20ClNO3S/c1-8(6-5-7-11)12-9(13)10(2,3)16(4,14)15/h8H,5-7H2,1-4H3,(H,12,13). The molecule has 0 heterocycles. The Hall–Kier alpha value is -0.290. The topological polar surface area (TPSA) is 63.2 Å². The Labute approximate surface area is 103 Å². The molecule has 0 saturated carbocycles. The highest BCUT2D eigenvalue weighted by molar-refractivity contribution is 7.92. The van der Waals surface area contributed by atoms with Crippen LogP contribution >= 0.6 is 11.6 Å². The summed E-state index contributed by atoms with van der Waals surface area (Å²) in [5.41, 5.74) is 0. The number of carbonyl (C=O) groups is 1. The van der Waals surface area contributed by atoms with Gasteiger partial charge in [0.25, 0.3) is 0 Å². The maximum atomic E-state index is 11.8. The molecular formula is C10H20ClNO3S. The molecule has 16 heavy (non-hydrogen) atoms. The van der Waals surface area contributed by atoms with Crippen molar-refractivity contribution in [3.05, 3.63) is 0 Å². The number of nitrogens with one attached hydrogen (secondary N) is 1. The van der Waals surface area contributed by atoms with Crippen LogP contribution in [0.2, 0.25) is 0 Å². The Morgan fingerprint density at radius 3 is 2.31 bits per heavy atom. The number of amides is 1. The van der Waals surface area contributed by atoms with Gasteiger partial charge in [-0.05, 0) is 33.6 Å². The number of sulfone groups is 1. The molecule has 0 aliphatic rings. The van der Waals surface area contributed by atoms with Gasteiger partial charge in [0, 0.05) is 18.2 Å². The Bertz CT molecular complexity index is 338. The number of hydrogen-bond acceptors (Lipinski definition) is 3. The van der Waals surface area contributed by atoms with Crippen molar-refractivity contribution in [3.8, 4) is 0 Å². The lowest BCUT2D eigenvalue weighted by Gasteiger charge is -2.24. The number of carbonyl (C=O) groups excluding carboxylic acids is 1. The average molecular weight is 270 g/mol. The van der Waals surface area contributed by atoms with Crippen molar-refractivity contribution in [1.82, 2.24) is 5.32 Å². The lowest BCUT2D eigenvalue weighted by molar-refractivity contribution is -0.123. The first-order chi connectivity index (χ1) is 7.13. The van der Waals surface area contributed by atoms with Gasteiger partial charge in [0.15, 0.2) is 9.84 Å². The number of hydrogen-bond donors (Lipinski definition) is 1. The van der Waals surface area contributed by atoms with E-state index in [0.717, 1.165) is 19.1 Å². The van der Waals surface area contributed by atoms with Crippen molar-refractivity contribution in [2.75, 3.05) is 12.1 Å². The second kappa shape index (κ2) is 5.87. The third kappa shape index (κ3) is 4.29. The molecule has 0 bridgehead atoms. The van der Waals surface area contributed by atoms with Gasteiger partial charge in [-0.3, -0.25) is 4.79 Å². The summed E-state index contributed by atoms with van der Waals surface area (Å²) in [4.78, 5) is 11.8. The molecule has 0 rings (SSSR count). The lowest BCUT2D eigenvalue weighted by atomic mass is 10.1. The van der Waals surface area contributed by atoms with Gasteiger partial charge in [-0.25, -0.2) is 8.42 Å². The maximum Gasteiger partial charge on any atom is 0.241 e. The molecule has 4 nitrogen and oxygen atoms in total. The van der Waals surface area contributed by atoms with Crippen molar-refractivity contribution in [2.24, 2.45) is 0 Å². The number of halogens is 1. The lowest BCUT2D eigenvalue weighted by Crippen LogP contribution is -2.50. The summed E-state index contributed by atoms with van der Waals surface area (Å²) in [6.07, 6.45) is 2.60. The van der Waals surface area contributed by atoms with Crippen LogP contribution in [0, 0.1) is 0 Å². The monoisotopic (exact) mass is 269 g/mol. The molecule has 0 aromatic rings. The summed E-state index contributed by atoms with van der Waals surface area (Å²) in [6, 6.07) is -0.0627. The Kier molecular flexibility index (Phi) is 5.76. The quantitative estimate of drug-likeness (QED) is 0.740. The fourth-order valence-electron chi connectivity index (χ4n) is 1.02. The Morgan fingerprint density at radius 1 is 1.44 bits per heavy atom. The normalized spacial score (nSPS) is 14.6. The van der Waals surface area contributed by atoms with E-state index in [1.165, 1.54) is 13.8 Å². The van der Waals surface area contributed by atoms with Gasteiger partial charge in [0.1, 0.15) is 4.75 Å². The zero-order valence-electron chi connectivity index (χ0n) is 10.2. The van der Waals surface area contributed by atoms with Gasteiger partial charge in [-0.2, -0.15) is 0 Å². The van der Waals surface area contributed by atoms with E-state index in [1.54, 1.807) is 0 Å². The predicted molar refractivity (Wildman–Crippen MR) is 66.5 cm³/mol. The van der Waals surface area contributed by atoms with Crippen LogP contribution < -0.4 is 5.32 Å². The third-order valence-corrected chi connectivity index (χ3v) is 4.93. The summed E-state index contributed by atoms with van der Waals surface area (Å²) in [5.74, 6) is 0.0763. The van der Waals surface area contributed by atoms with Crippen molar-refractivity contribution in [2.45, 2.75) is 44.4 Å². The van der Waals surface area contributed by atoms with Gasteiger partial charge in [-0.15, -0.1) is 11.6 Å². The second-order valence-corrected chi connectivity index (χ2v) is 7.43. The van der Waals surface area contributed by atoms with Gasteiger partial charge in [0.2, 0.25) is 5.91 Å². The van der Waals surface area contributed by atoms with Crippen LogP contribution in [0.25, 0.3) is 0 Å². The molecule has 96 valence electrons. The van der Waals surface area contributed by atoms with Crippen LogP contribution in [0.5, 0.6) is 0 Å². The van der Waals surface area contributed by atoms with E-state index in [9.17, 15) is 13.2 Å². The Morgan fingerprint density at radius 2 is 1.94 bits per heavy atom. The van der Waals surface area contributed by atoms with E-state index in [-0.39, 0.29) is 6.04 Å². The highest BCUT2D eigenvalue weighted by atomic mass is 35.5. The van der Waals surface area contributed by atoms with Crippen LogP contribution in [-0.4, -0.2) is 37.2 Å². The second-order valence-electron chi connectivity index (χ2n) is 4.49. The molecule has 0 aromatic carbocycles. The molecule has 0 aromatic heterocycles. The molecule has 0 radical (unpaired) electrons. The first kappa shape index (κ1) is 15.7. The predicted octanol–water partition coefficient (Wildman–Crippen LogP) is 1.33. The van der Waals surface area contributed by atoms with Gasteiger partial charge < -0.3 is 5.32 Å². The first-order valence-corrected chi connectivity index (χ1v) is 7.62. The third-order valence-electron chi connectivity index (χ3n) is 2.62. The van der Waals surface area contributed by atoms with Crippen LogP contribution in [0.15, 0.2) is 0 Å². The van der Waals surface area contributed by atoms with Crippen LogP contribution in [-0.2, 0) is 14.6 Å². The van der Waals surface area contributed by atoms with Crippen LogP contribution in [0.4, 0.5) is 0 Å². The van der Waals surface area contributed by atoms with E-state index in [0.29, 0.717) is 5.88 Å². The van der Waals surface area contributed by atoms with Crippen LogP contribution in [0.3, 0.4) is 0 Å². The number of rotatable bonds is 6. The minimum Gasteiger partial charge on any atom is -0.352 e. The molecule has 1 atom stereocenters. The summed E-state index contributed by atoms with van der Waals surface area (Å²) >= 11 is 5.54. The summed E-state index contributed by atoms with van der Waals surface area (Å²) in [6.45, 7) is 4.65. The van der Waals surface area contributed by atoms with Gasteiger partial charge in [0.05, 0.1) is 0 Å². The molecule has 0 spiro atoms. The van der Waals surface area contributed by atoms with Gasteiger partial charge in [-0.1, -0.05) is 0 Å². The van der Waals surface area contributed by atoms with Gasteiger partial charge >= 0.3 is 0 Å². The van der Waals surface area contributed by atoms with Crippen molar-refractivity contribution < 1.29 is 13.2 Å². The van der Waals surface area contributed by atoms with E-state index >= 15 is 0 Å². The zero-order chi connectivity index (χ0) is 13.0. The number of alkyl halides is 1. The minimum absolute atomic E-state index is 0.0627. The van der Waals surface area contributed by atoms with E-state index < -0.39 is 20.5 Å². The van der Waals surface area contributed by atoms with E-state index in [2.05, 4.69) is 5.32 Å². The molecule has 1 N–H and O–H groups in total. The summed E-state index contributed by atoms with van der Waals surface area (Å²) < 4.78 is 21.4. The SMILES string of the molecule is CC(CCCCl)NC(=O)C(C)(C)S(C)(=O)=O. The van der Waals surface area contributed by atoms with Crippen molar-refractivity contribution in [3.63, 3.8) is 0 Å². The molecular weight excluding hydrogens is 250 g/mol. The van der Waals surface area contributed by atoms with E-state index in [1.807, 2.05) is 6.92 Å². The molecule has 0 fully saturated rings. The van der Waals surface area contributed by atoms with Crippen molar-refractivity contribution >= 4 is 27.3 Å². The Balaban J connectivity index is 4.48. The fraction of sp³-hybridized carbons (Fsp3) is 0.900. The van der Waals surface area contributed by atoms with Crippen LogP contribution in [0.1, 0.15) is 33.6 Å².